The molecule has 2 aliphatic heterocycles. The zero-order chi connectivity index (χ0) is 27.6. The van der Waals surface area contributed by atoms with E-state index in [1.807, 2.05) is 49.4 Å². The highest BCUT2D eigenvalue weighted by Gasteiger charge is 2.33. The van der Waals surface area contributed by atoms with Crippen LogP contribution in [0.15, 0.2) is 88.7 Å². The minimum atomic E-state index is -0.180. The summed E-state index contributed by atoms with van der Waals surface area (Å²) in [5.74, 6) is 1.05. The number of hydrogen-bond donors (Lipinski definition) is 0. The molecule has 2 aliphatic rings. The van der Waals surface area contributed by atoms with E-state index in [1.165, 1.54) is 17.3 Å². The lowest BCUT2D eigenvalue weighted by molar-refractivity contribution is -0.122. The van der Waals surface area contributed by atoms with Crippen LogP contribution >= 0.6 is 24.0 Å². The first kappa shape index (κ1) is 26.5. The van der Waals surface area contributed by atoms with Crippen LogP contribution in [0.3, 0.4) is 0 Å². The number of fused-ring (bicyclic) bond motifs is 1. The van der Waals surface area contributed by atoms with Crippen molar-refractivity contribution in [2.24, 2.45) is 5.92 Å². The smallest absolute Gasteiger partial charge is 0.267 e. The van der Waals surface area contributed by atoms with E-state index in [9.17, 15) is 9.59 Å². The number of amides is 1. The average Bonchev–Trinajstić information content (AvgIpc) is 3.23. The molecule has 2 aromatic carbocycles. The molecule has 0 radical (unpaired) electrons. The van der Waals surface area contributed by atoms with E-state index in [0.717, 1.165) is 43.5 Å². The normalized spacial score (nSPS) is 17.4. The number of aromatic nitrogens is 2. The Kier molecular flexibility index (Phi) is 7.54. The summed E-state index contributed by atoms with van der Waals surface area (Å²) in [4.78, 5) is 36.6. The molecule has 0 N–H and O–H groups in total. The fourth-order valence-corrected chi connectivity index (χ4v) is 6.73. The van der Waals surface area contributed by atoms with Crippen molar-refractivity contribution in [1.29, 1.82) is 0 Å². The average molecular weight is 567 g/mol. The summed E-state index contributed by atoms with van der Waals surface area (Å²) in [5.41, 5.74) is 4.19. The SMILES string of the molecule is Cc1cccn2c(=O)c(C=C3SC(=S)N(Cc4ccccc4)C3=O)c(N3CCC(Cc4ccccc4)CC3)nc12. The Labute approximate surface area is 243 Å². The van der Waals surface area contributed by atoms with Crippen molar-refractivity contribution in [2.75, 3.05) is 18.0 Å². The van der Waals surface area contributed by atoms with Crippen molar-refractivity contribution in [3.05, 3.63) is 117 Å². The minimum Gasteiger partial charge on any atom is -0.356 e. The van der Waals surface area contributed by atoms with Gasteiger partial charge in [0.15, 0.2) is 0 Å². The lowest BCUT2D eigenvalue weighted by Gasteiger charge is -2.33. The second-order valence-electron chi connectivity index (χ2n) is 10.4. The fourth-order valence-electron chi connectivity index (χ4n) is 5.50. The van der Waals surface area contributed by atoms with Gasteiger partial charge >= 0.3 is 0 Å². The molecule has 0 atom stereocenters. The molecule has 6 nitrogen and oxygen atoms in total. The second kappa shape index (κ2) is 11.4. The summed E-state index contributed by atoms with van der Waals surface area (Å²) in [5, 5.41) is 0. The Morgan fingerprint density at radius 2 is 1.62 bits per heavy atom. The molecule has 0 bridgehead atoms. The van der Waals surface area contributed by atoms with Crippen molar-refractivity contribution < 1.29 is 4.79 Å². The van der Waals surface area contributed by atoms with E-state index in [2.05, 4.69) is 35.2 Å². The summed E-state index contributed by atoms with van der Waals surface area (Å²) in [6, 6.07) is 24.2. The van der Waals surface area contributed by atoms with Crippen LogP contribution in [0.5, 0.6) is 0 Å². The molecule has 2 aromatic heterocycles. The van der Waals surface area contributed by atoms with Crippen LogP contribution in [-0.4, -0.2) is 37.6 Å². The van der Waals surface area contributed by atoms with Gasteiger partial charge in [-0.05, 0) is 60.9 Å². The molecule has 0 aliphatic carbocycles. The maximum atomic E-state index is 13.9. The van der Waals surface area contributed by atoms with Gasteiger partial charge in [0.05, 0.1) is 17.0 Å². The number of rotatable bonds is 6. The number of piperidine rings is 1. The Balaban J connectivity index is 1.32. The van der Waals surface area contributed by atoms with Crippen LogP contribution in [0, 0.1) is 12.8 Å². The number of aryl methyl sites for hydroxylation is 1. The van der Waals surface area contributed by atoms with Crippen LogP contribution < -0.4 is 10.5 Å². The third-order valence-corrected chi connectivity index (χ3v) is 9.06. The molecule has 4 heterocycles. The third kappa shape index (κ3) is 5.33. The second-order valence-corrected chi connectivity index (χ2v) is 12.1. The lowest BCUT2D eigenvalue weighted by atomic mass is 9.90. The Morgan fingerprint density at radius 1 is 0.950 bits per heavy atom. The van der Waals surface area contributed by atoms with E-state index in [1.54, 1.807) is 21.6 Å². The van der Waals surface area contributed by atoms with E-state index in [4.69, 9.17) is 17.2 Å². The first-order valence-corrected chi connectivity index (χ1v) is 14.8. The molecule has 0 saturated carbocycles. The quantitative estimate of drug-likeness (QED) is 0.215. The van der Waals surface area contributed by atoms with Crippen LogP contribution in [0.25, 0.3) is 11.7 Å². The van der Waals surface area contributed by atoms with Crippen molar-refractivity contribution in [1.82, 2.24) is 14.3 Å². The molecule has 6 rings (SSSR count). The number of carbonyl (C=O) groups excluding carboxylic acids is 1. The predicted molar refractivity (Wildman–Crippen MR) is 166 cm³/mol. The summed E-state index contributed by atoms with van der Waals surface area (Å²) < 4.78 is 2.07. The fraction of sp³-hybridized carbons (Fsp3) is 0.250. The number of carbonyl (C=O) groups is 1. The molecule has 1 amide bonds. The zero-order valence-electron chi connectivity index (χ0n) is 22.3. The van der Waals surface area contributed by atoms with Gasteiger partial charge in [-0.1, -0.05) is 90.7 Å². The monoisotopic (exact) mass is 566 g/mol. The van der Waals surface area contributed by atoms with Crippen molar-refractivity contribution in [3.8, 4) is 0 Å². The van der Waals surface area contributed by atoms with Gasteiger partial charge in [0.2, 0.25) is 0 Å². The molecule has 0 unspecified atom stereocenters. The Morgan fingerprint density at radius 3 is 2.33 bits per heavy atom. The van der Waals surface area contributed by atoms with Gasteiger partial charge in [-0.25, -0.2) is 4.98 Å². The van der Waals surface area contributed by atoms with Crippen molar-refractivity contribution in [2.45, 2.75) is 32.7 Å². The molecular weight excluding hydrogens is 537 g/mol. The summed E-state index contributed by atoms with van der Waals surface area (Å²) in [7, 11) is 0. The first-order chi connectivity index (χ1) is 19.5. The maximum Gasteiger partial charge on any atom is 0.267 e. The standard InChI is InChI=1S/C32H30N4O2S2/c1-22-9-8-16-35-28(22)33-29(34-17-14-24(15-18-34)19-23-10-4-2-5-11-23)26(30(35)37)20-27-31(38)36(32(39)40-27)21-25-12-6-3-7-13-25/h2-13,16,20,24H,14-15,17-19,21H2,1H3. The van der Waals surface area contributed by atoms with Crippen molar-refractivity contribution in [3.63, 3.8) is 0 Å². The van der Waals surface area contributed by atoms with Crippen LogP contribution in [0.1, 0.15) is 35.1 Å². The molecule has 40 heavy (non-hydrogen) atoms. The van der Waals surface area contributed by atoms with Crippen molar-refractivity contribution >= 4 is 51.7 Å². The highest BCUT2D eigenvalue weighted by atomic mass is 32.2. The molecule has 8 heteroatoms. The Hall–Kier alpha value is -3.75. The summed E-state index contributed by atoms with van der Waals surface area (Å²) >= 11 is 6.82. The van der Waals surface area contributed by atoms with Gasteiger partial charge in [0.25, 0.3) is 11.5 Å². The zero-order valence-corrected chi connectivity index (χ0v) is 24.0. The number of thiocarbonyl (C=S) groups is 1. The molecular formula is C32H30N4O2S2. The third-order valence-electron chi connectivity index (χ3n) is 7.68. The highest BCUT2D eigenvalue weighted by Crippen LogP contribution is 2.35. The van der Waals surface area contributed by atoms with Crippen LogP contribution in [0.4, 0.5) is 5.82 Å². The topological polar surface area (TPSA) is 57.9 Å². The lowest BCUT2D eigenvalue weighted by Crippen LogP contribution is -2.37. The van der Waals surface area contributed by atoms with Gasteiger partial charge in [0.1, 0.15) is 15.8 Å². The molecule has 2 fully saturated rings. The van der Waals surface area contributed by atoms with Crippen LogP contribution in [0.2, 0.25) is 0 Å². The van der Waals surface area contributed by atoms with Gasteiger partial charge in [-0.3, -0.25) is 18.9 Å². The minimum absolute atomic E-state index is 0.177. The molecule has 202 valence electrons. The highest BCUT2D eigenvalue weighted by molar-refractivity contribution is 8.26. The predicted octanol–water partition coefficient (Wildman–Crippen LogP) is 5.86. The number of nitrogens with zero attached hydrogens (tertiary/aromatic N) is 4. The Bertz CT molecular complexity index is 1660. The van der Waals surface area contributed by atoms with E-state index < -0.39 is 0 Å². The molecule has 0 spiro atoms. The number of anilines is 1. The number of benzene rings is 2. The number of hydrogen-bond acceptors (Lipinski definition) is 6. The van der Waals surface area contributed by atoms with E-state index in [-0.39, 0.29) is 11.5 Å². The first-order valence-electron chi connectivity index (χ1n) is 13.6. The van der Waals surface area contributed by atoms with Gasteiger partial charge in [0, 0.05) is 19.3 Å². The number of thioether (sulfide) groups is 1. The van der Waals surface area contributed by atoms with Gasteiger partial charge in [-0.15, -0.1) is 0 Å². The number of pyridine rings is 1. The summed E-state index contributed by atoms with van der Waals surface area (Å²) in [6.07, 6.45) is 6.54. The summed E-state index contributed by atoms with van der Waals surface area (Å²) in [6.45, 7) is 3.98. The maximum absolute atomic E-state index is 13.9. The molecule has 2 saturated heterocycles. The van der Waals surface area contributed by atoms with E-state index >= 15 is 0 Å². The van der Waals surface area contributed by atoms with Crippen LogP contribution in [-0.2, 0) is 17.8 Å². The van der Waals surface area contributed by atoms with Gasteiger partial charge in [-0.2, -0.15) is 0 Å². The largest absolute Gasteiger partial charge is 0.356 e. The van der Waals surface area contributed by atoms with E-state index in [0.29, 0.717) is 38.7 Å². The molecule has 4 aromatic rings. The van der Waals surface area contributed by atoms with Gasteiger partial charge < -0.3 is 4.90 Å².